The fraction of sp³-hybridized carbons (Fsp3) is 0.837. The average molecular weight is 684 g/mol. The normalized spacial score (nSPS) is 38.3. The molecule has 0 radical (unpaired) electrons. The van der Waals surface area contributed by atoms with Crippen molar-refractivity contribution in [3.05, 3.63) is 25.3 Å². The molecule has 5 saturated carbocycles. The van der Waals surface area contributed by atoms with Gasteiger partial charge in [0.1, 0.15) is 19.2 Å². The third-order valence-corrected chi connectivity index (χ3v) is 14.3. The summed E-state index contributed by atoms with van der Waals surface area (Å²) in [6.07, 6.45) is 21.8. The van der Waals surface area contributed by atoms with Crippen LogP contribution >= 0.6 is 0 Å². The molecule has 6 rings (SSSR count). The van der Waals surface area contributed by atoms with Gasteiger partial charge in [0.2, 0.25) is 0 Å². The maximum Gasteiger partial charge on any atom is 0.190 e. The summed E-state index contributed by atoms with van der Waals surface area (Å²) in [5, 5.41) is 0. The number of allylic oxidation sites excluding steroid dienone is 1. The standard InChI is InChI=1S/C29H47NO2.C7H12O2.C4H8O.C3H6/c1-26(2)22-11-14-27(3)20-10-16-29(25-30-17-18-32-25)13-6-7-21(29)19(20)8-9-23(27)28(22,4)15-12-24(26)31-5;1-7(2,3-5-8)4-6-9;1-3-4-5-2;1-3-2/h19-24H,6-18H2,1-5H3;5-6H,3-4H2,1-2H3;3H,1,4H2,2H3;3H,1H2,2H3. The number of methoxy groups -OCH3 is 2. The second-order valence-corrected chi connectivity index (χ2v) is 17.9. The zero-order valence-electron chi connectivity index (χ0n) is 33.0. The molecule has 6 heteroatoms. The van der Waals surface area contributed by atoms with Crippen LogP contribution in [0, 0.1) is 56.7 Å². The van der Waals surface area contributed by atoms with Crippen LogP contribution in [0.3, 0.4) is 0 Å². The van der Waals surface area contributed by atoms with E-state index in [9.17, 15) is 9.59 Å². The summed E-state index contributed by atoms with van der Waals surface area (Å²) >= 11 is 0. The summed E-state index contributed by atoms with van der Waals surface area (Å²) in [4.78, 5) is 24.9. The van der Waals surface area contributed by atoms with E-state index in [0.717, 1.165) is 55.3 Å². The van der Waals surface area contributed by atoms with E-state index in [1.165, 1.54) is 76.5 Å². The van der Waals surface area contributed by atoms with Gasteiger partial charge >= 0.3 is 0 Å². The lowest BCUT2D eigenvalue weighted by molar-refractivity contribution is -0.216. The fourth-order valence-electron chi connectivity index (χ4n) is 12.3. The molecule has 9 unspecified atom stereocenters. The molecule has 0 spiro atoms. The number of rotatable bonds is 8. The molecular formula is C43H73NO5. The Labute approximate surface area is 300 Å². The molecule has 0 bridgehead atoms. The van der Waals surface area contributed by atoms with E-state index in [1.807, 2.05) is 27.9 Å². The first-order chi connectivity index (χ1) is 23.2. The molecule has 0 aromatic heterocycles. The molecule has 0 aromatic rings. The molecule has 9 atom stereocenters. The SMILES string of the molecule is C=CC.C=CCOC.CC(C)(CC=O)CC=O.COC1CCC2(C)C(CCC3(C)C4CCC5(C6=NCCO6)CCCC5C4CCC32)C1(C)C. The van der Waals surface area contributed by atoms with Gasteiger partial charge in [-0.15, -0.1) is 13.2 Å². The van der Waals surface area contributed by atoms with E-state index in [1.54, 1.807) is 19.3 Å². The lowest BCUT2D eigenvalue weighted by Crippen LogP contribution is -2.63. The first-order valence-electron chi connectivity index (χ1n) is 19.5. The van der Waals surface area contributed by atoms with Crippen molar-refractivity contribution in [1.29, 1.82) is 0 Å². The Morgan fingerprint density at radius 1 is 0.857 bits per heavy atom. The summed E-state index contributed by atoms with van der Waals surface area (Å²) in [5.41, 5.74) is 1.48. The van der Waals surface area contributed by atoms with Crippen LogP contribution in [0.25, 0.3) is 0 Å². The maximum absolute atomic E-state index is 9.98. The zero-order chi connectivity index (χ0) is 36.5. The van der Waals surface area contributed by atoms with Crippen molar-refractivity contribution < 1.29 is 23.8 Å². The molecule has 1 aliphatic heterocycles. The second kappa shape index (κ2) is 17.6. The number of nitrogens with zero attached hydrogens (tertiary/aromatic N) is 1. The smallest absolute Gasteiger partial charge is 0.190 e. The molecule has 0 N–H and O–H groups in total. The Morgan fingerprint density at radius 2 is 1.51 bits per heavy atom. The highest BCUT2D eigenvalue weighted by atomic mass is 16.5. The fourth-order valence-corrected chi connectivity index (χ4v) is 12.3. The number of fused-ring (bicyclic) bond motifs is 7. The zero-order valence-corrected chi connectivity index (χ0v) is 33.0. The first kappa shape index (κ1) is 41.6. The van der Waals surface area contributed by atoms with Crippen molar-refractivity contribution in [3.63, 3.8) is 0 Å². The Balaban J connectivity index is 0.000000320. The third kappa shape index (κ3) is 8.48. The summed E-state index contributed by atoms with van der Waals surface area (Å²) in [5.74, 6) is 5.53. The number of hydrogen-bond acceptors (Lipinski definition) is 6. The highest BCUT2D eigenvalue weighted by molar-refractivity contribution is 5.84. The van der Waals surface area contributed by atoms with Crippen molar-refractivity contribution >= 4 is 18.5 Å². The highest BCUT2D eigenvalue weighted by Crippen LogP contribution is 2.73. The van der Waals surface area contributed by atoms with Crippen LogP contribution in [0.4, 0.5) is 0 Å². The molecule has 280 valence electrons. The van der Waals surface area contributed by atoms with Crippen LogP contribution in [0.2, 0.25) is 0 Å². The largest absolute Gasteiger partial charge is 0.479 e. The average Bonchev–Trinajstić information content (AvgIpc) is 3.74. The van der Waals surface area contributed by atoms with Gasteiger partial charge in [-0.05, 0) is 122 Å². The van der Waals surface area contributed by atoms with Gasteiger partial charge in [-0.25, -0.2) is 0 Å². The van der Waals surface area contributed by atoms with Crippen molar-refractivity contribution in [2.45, 2.75) is 138 Å². The molecule has 6 nitrogen and oxygen atoms in total. The van der Waals surface area contributed by atoms with Gasteiger partial charge in [-0.1, -0.05) is 60.1 Å². The van der Waals surface area contributed by atoms with Crippen molar-refractivity contribution in [2.24, 2.45) is 61.7 Å². The molecule has 0 aromatic carbocycles. The van der Waals surface area contributed by atoms with E-state index in [4.69, 9.17) is 14.5 Å². The van der Waals surface area contributed by atoms with Gasteiger partial charge in [-0.3, -0.25) is 4.99 Å². The number of ether oxygens (including phenoxy) is 3. The van der Waals surface area contributed by atoms with E-state index in [2.05, 4.69) is 45.6 Å². The van der Waals surface area contributed by atoms with Gasteiger partial charge < -0.3 is 23.8 Å². The lowest BCUT2D eigenvalue weighted by atomic mass is 9.36. The van der Waals surface area contributed by atoms with Crippen molar-refractivity contribution in [1.82, 2.24) is 0 Å². The monoisotopic (exact) mass is 684 g/mol. The van der Waals surface area contributed by atoms with Crippen LogP contribution in [-0.2, 0) is 23.8 Å². The van der Waals surface area contributed by atoms with E-state index in [0.29, 0.717) is 47.2 Å². The van der Waals surface area contributed by atoms with Gasteiger partial charge in [0.05, 0.1) is 19.3 Å². The Morgan fingerprint density at radius 3 is 2.04 bits per heavy atom. The van der Waals surface area contributed by atoms with Crippen LogP contribution in [0.1, 0.15) is 132 Å². The molecule has 49 heavy (non-hydrogen) atoms. The Bertz CT molecular complexity index is 1120. The number of hydrogen-bond donors (Lipinski definition) is 0. The van der Waals surface area contributed by atoms with Crippen molar-refractivity contribution in [2.75, 3.05) is 34.0 Å². The molecule has 5 aliphatic carbocycles. The topological polar surface area (TPSA) is 74.2 Å². The summed E-state index contributed by atoms with van der Waals surface area (Å²) in [7, 11) is 3.59. The summed E-state index contributed by atoms with van der Waals surface area (Å²) in [6, 6.07) is 0. The van der Waals surface area contributed by atoms with Crippen LogP contribution in [0.5, 0.6) is 0 Å². The molecule has 6 aliphatic rings. The first-order valence-corrected chi connectivity index (χ1v) is 19.5. The van der Waals surface area contributed by atoms with Crippen LogP contribution in [0.15, 0.2) is 30.3 Å². The van der Waals surface area contributed by atoms with Gasteiger partial charge in [-0.2, -0.15) is 0 Å². The molecular weight excluding hydrogens is 610 g/mol. The van der Waals surface area contributed by atoms with Crippen LogP contribution in [-0.4, -0.2) is 58.6 Å². The van der Waals surface area contributed by atoms with Gasteiger partial charge in [0.25, 0.3) is 0 Å². The van der Waals surface area contributed by atoms with E-state index in [-0.39, 0.29) is 5.41 Å². The van der Waals surface area contributed by atoms with E-state index < -0.39 is 0 Å². The highest BCUT2D eigenvalue weighted by Gasteiger charge is 2.67. The van der Waals surface area contributed by atoms with Crippen molar-refractivity contribution in [3.8, 4) is 0 Å². The van der Waals surface area contributed by atoms with Gasteiger partial charge in [0, 0.05) is 32.5 Å². The predicted octanol–water partition coefficient (Wildman–Crippen LogP) is 10.1. The Kier molecular flexibility index (Phi) is 15.0. The van der Waals surface area contributed by atoms with E-state index >= 15 is 0 Å². The summed E-state index contributed by atoms with van der Waals surface area (Å²) < 4.78 is 16.8. The minimum absolute atomic E-state index is 0.135. The summed E-state index contributed by atoms with van der Waals surface area (Å²) in [6.45, 7) is 25.3. The minimum Gasteiger partial charge on any atom is -0.479 e. The Hall–Kier alpha value is -1.79. The van der Waals surface area contributed by atoms with Crippen LogP contribution < -0.4 is 0 Å². The van der Waals surface area contributed by atoms with Gasteiger partial charge in [0.15, 0.2) is 5.90 Å². The molecule has 1 heterocycles. The lowest BCUT2D eigenvalue weighted by Gasteiger charge is -2.69. The third-order valence-electron chi connectivity index (χ3n) is 14.3. The number of aldehydes is 2. The molecule has 0 amide bonds. The maximum atomic E-state index is 9.98. The quantitative estimate of drug-likeness (QED) is 0.188. The predicted molar refractivity (Wildman–Crippen MR) is 203 cm³/mol. The molecule has 0 saturated heterocycles. The number of carbonyl (C=O) groups is 2. The second-order valence-electron chi connectivity index (χ2n) is 17.9. The number of aliphatic imine (C=N–C) groups is 1. The minimum atomic E-state index is -0.135. The molecule has 5 fully saturated rings. The number of carbonyl (C=O) groups excluding carboxylic acids is 2.